The molecule has 2 saturated heterocycles. The van der Waals surface area contributed by atoms with Crippen LogP contribution in [-0.2, 0) is 4.79 Å². The van der Waals surface area contributed by atoms with E-state index in [0.717, 1.165) is 49.8 Å². The summed E-state index contributed by atoms with van der Waals surface area (Å²) in [6.07, 6.45) is 2.82. The fraction of sp³-hybridized carbons (Fsp3) is 0.647. The first-order chi connectivity index (χ1) is 12.0. The Labute approximate surface area is 147 Å². The molecule has 2 aliphatic rings. The molecule has 2 aliphatic heterocycles. The number of aromatic nitrogens is 4. The van der Waals surface area contributed by atoms with Crippen molar-refractivity contribution in [2.45, 2.75) is 38.3 Å². The van der Waals surface area contributed by atoms with E-state index in [1.807, 2.05) is 31.0 Å². The van der Waals surface area contributed by atoms with Gasteiger partial charge in [-0.2, -0.15) is 4.52 Å². The van der Waals surface area contributed by atoms with Crippen LogP contribution >= 0.6 is 0 Å². The minimum atomic E-state index is 0.279. The lowest BCUT2D eigenvalue weighted by molar-refractivity contribution is -0.135. The Morgan fingerprint density at radius 3 is 2.88 bits per heavy atom. The average Bonchev–Trinajstić information content (AvgIpc) is 2.91. The molecule has 1 atom stereocenters. The van der Waals surface area contributed by atoms with Gasteiger partial charge in [0, 0.05) is 45.2 Å². The second-order valence-corrected chi connectivity index (χ2v) is 7.26. The van der Waals surface area contributed by atoms with Gasteiger partial charge in [0.05, 0.1) is 0 Å². The van der Waals surface area contributed by atoms with Gasteiger partial charge in [-0.3, -0.25) is 9.69 Å². The summed E-state index contributed by atoms with van der Waals surface area (Å²) >= 11 is 0. The highest BCUT2D eigenvalue weighted by molar-refractivity contribution is 5.76. The summed E-state index contributed by atoms with van der Waals surface area (Å²) in [6.45, 7) is 4.77. The third-order valence-corrected chi connectivity index (χ3v) is 5.58. The second kappa shape index (κ2) is 6.25. The van der Waals surface area contributed by atoms with E-state index >= 15 is 0 Å². The third kappa shape index (κ3) is 2.95. The van der Waals surface area contributed by atoms with Crippen molar-refractivity contribution in [1.82, 2.24) is 29.6 Å². The van der Waals surface area contributed by atoms with Crippen LogP contribution in [0.4, 0.5) is 5.82 Å². The highest BCUT2D eigenvalue weighted by Gasteiger charge is 2.34. The summed E-state index contributed by atoms with van der Waals surface area (Å²) < 4.78 is 1.79. The summed E-state index contributed by atoms with van der Waals surface area (Å²) in [6, 6.07) is 4.81. The van der Waals surface area contributed by atoms with Gasteiger partial charge in [0.15, 0.2) is 11.5 Å². The number of anilines is 1. The SMILES string of the molecule is Cc1nnc2ccc(N3CC(N(C)CC4CCCC(=O)N4C)C3)nn12. The average molecular weight is 343 g/mol. The molecule has 25 heavy (non-hydrogen) atoms. The van der Waals surface area contributed by atoms with E-state index in [1.165, 1.54) is 0 Å². The highest BCUT2D eigenvalue weighted by Crippen LogP contribution is 2.23. The van der Waals surface area contributed by atoms with Crippen LogP contribution in [0, 0.1) is 6.92 Å². The van der Waals surface area contributed by atoms with Crippen molar-refractivity contribution in [3.05, 3.63) is 18.0 Å². The zero-order valence-electron chi connectivity index (χ0n) is 15.1. The van der Waals surface area contributed by atoms with E-state index in [4.69, 9.17) is 0 Å². The van der Waals surface area contributed by atoms with Gasteiger partial charge < -0.3 is 9.80 Å². The Balaban J connectivity index is 1.36. The van der Waals surface area contributed by atoms with E-state index in [1.54, 1.807) is 4.52 Å². The number of rotatable bonds is 4. The van der Waals surface area contributed by atoms with Crippen molar-refractivity contribution in [1.29, 1.82) is 0 Å². The van der Waals surface area contributed by atoms with Crippen molar-refractivity contribution < 1.29 is 4.79 Å². The number of carbonyl (C=O) groups is 1. The topological polar surface area (TPSA) is 69.9 Å². The zero-order chi connectivity index (χ0) is 17.6. The molecule has 4 heterocycles. The van der Waals surface area contributed by atoms with Crippen molar-refractivity contribution in [2.24, 2.45) is 0 Å². The molecule has 2 aromatic rings. The molecule has 2 aromatic heterocycles. The molecule has 0 N–H and O–H groups in total. The molecular weight excluding hydrogens is 318 g/mol. The number of nitrogens with zero attached hydrogens (tertiary/aromatic N) is 7. The summed E-state index contributed by atoms with van der Waals surface area (Å²) in [5, 5.41) is 12.8. The molecule has 0 saturated carbocycles. The number of fused-ring (bicyclic) bond motifs is 1. The smallest absolute Gasteiger partial charge is 0.222 e. The monoisotopic (exact) mass is 343 g/mol. The maximum Gasteiger partial charge on any atom is 0.222 e. The number of likely N-dealkylation sites (tertiary alicyclic amines) is 1. The van der Waals surface area contributed by atoms with Crippen LogP contribution in [-0.4, -0.2) is 81.3 Å². The van der Waals surface area contributed by atoms with Crippen LogP contribution in [0.15, 0.2) is 12.1 Å². The zero-order valence-corrected chi connectivity index (χ0v) is 15.1. The van der Waals surface area contributed by atoms with Crippen LogP contribution in [0.25, 0.3) is 5.65 Å². The van der Waals surface area contributed by atoms with Gasteiger partial charge in [0.25, 0.3) is 0 Å². The van der Waals surface area contributed by atoms with Gasteiger partial charge in [-0.1, -0.05) is 0 Å². The Bertz CT molecular complexity index is 782. The van der Waals surface area contributed by atoms with Crippen LogP contribution in [0.2, 0.25) is 0 Å². The summed E-state index contributed by atoms with van der Waals surface area (Å²) in [4.78, 5) is 18.5. The molecule has 134 valence electrons. The first kappa shape index (κ1) is 16.3. The quantitative estimate of drug-likeness (QED) is 0.808. The minimum Gasteiger partial charge on any atom is -0.352 e. The molecule has 1 unspecified atom stereocenters. The van der Waals surface area contributed by atoms with Crippen LogP contribution in [0.1, 0.15) is 25.1 Å². The number of piperidine rings is 1. The maximum atomic E-state index is 11.9. The molecule has 4 rings (SSSR count). The van der Waals surface area contributed by atoms with Gasteiger partial charge in [0.1, 0.15) is 5.82 Å². The van der Waals surface area contributed by atoms with E-state index in [0.29, 0.717) is 18.5 Å². The molecule has 8 heteroatoms. The lowest BCUT2D eigenvalue weighted by Crippen LogP contribution is -2.61. The summed E-state index contributed by atoms with van der Waals surface area (Å²) in [7, 11) is 4.10. The lowest BCUT2D eigenvalue weighted by Gasteiger charge is -2.46. The first-order valence-electron chi connectivity index (χ1n) is 8.93. The molecule has 0 radical (unpaired) electrons. The van der Waals surface area contributed by atoms with E-state index in [-0.39, 0.29) is 5.91 Å². The van der Waals surface area contributed by atoms with Gasteiger partial charge in [-0.25, -0.2) is 0 Å². The molecule has 0 aliphatic carbocycles. The Morgan fingerprint density at radius 2 is 2.08 bits per heavy atom. The van der Waals surface area contributed by atoms with Gasteiger partial charge in [-0.05, 0) is 38.9 Å². The molecule has 1 amide bonds. The maximum absolute atomic E-state index is 11.9. The van der Waals surface area contributed by atoms with Crippen molar-refractivity contribution >= 4 is 17.4 Å². The van der Waals surface area contributed by atoms with E-state index in [2.05, 4.69) is 32.1 Å². The molecule has 2 fully saturated rings. The number of aryl methyl sites for hydroxylation is 1. The highest BCUT2D eigenvalue weighted by atomic mass is 16.2. The Hall–Kier alpha value is -2.22. The standard InChI is InChI=1S/C17H25N7O/c1-12-18-19-15-7-8-16(20-24(12)15)23-10-14(11-23)21(2)9-13-5-4-6-17(25)22(13)3/h7-8,13-14H,4-6,9-11H2,1-3H3. The van der Waals surface area contributed by atoms with Crippen LogP contribution < -0.4 is 4.90 Å². The first-order valence-corrected chi connectivity index (χ1v) is 8.93. The fourth-order valence-electron chi connectivity index (χ4n) is 3.73. The van der Waals surface area contributed by atoms with Crippen molar-refractivity contribution in [3.8, 4) is 0 Å². The largest absolute Gasteiger partial charge is 0.352 e. The number of hydrogen-bond donors (Lipinski definition) is 0. The number of likely N-dealkylation sites (N-methyl/N-ethyl adjacent to an activating group) is 2. The summed E-state index contributed by atoms with van der Waals surface area (Å²) in [5.74, 6) is 2.04. The molecule has 0 spiro atoms. The lowest BCUT2D eigenvalue weighted by atomic mass is 10.00. The fourth-order valence-corrected chi connectivity index (χ4v) is 3.73. The van der Waals surface area contributed by atoms with E-state index in [9.17, 15) is 4.79 Å². The molecule has 0 aromatic carbocycles. The summed E-state index contributed by atoms with van der Waals surface area (Å²) in [5.41, 5.74) is 0.778. The third-order valence-electron chi connectivity index (χ3n) is 5.58. The van der Waals surface area contributed by atoms with E-state index < -0.39 is 0 Å². The predicted molar refractivity (Wildman–Crippen MR) is 94.6 cm³/mol. The van der Waals surface area contributed by atoms with Crippen LogP contribution in [0.3, 0.4) is 0 Å². The van der Waals surface area contributed by atoms with Crippen molar-refractivity contribution in [3.63, 3.8) is 0 Å². The van der Waals surface area contributed by atoms with Gasteiger partial charge in [-0.15, -0.1) is 15.3 Å². The van der Waals surface area contributed by atoms with Gasteiger partial charge in [0.2, 0.25) is 5.91 Å². The predicted octanol–water partition coefficient (Wildman–Crippen LogP) is 0.564. The Kier molecular flexibility index (Phi) is 4.07. The van der Waals surface area contributed by atoms with Crippen molar-refractivity contribution in [2.75, 3.05) is 38.6 Å². The number of hydrogen-bond acceptors (Lipinski definition) is 6. The number of amides is 1. The Morgan fingerprint density at radius 1 is 1.28 bits per heavy atom. The number of carbonyl (C=O) groups excluding carboxylic acids is 1. The second-order valence-electron chi connectivity index (χ2n) is 7.26. The molecule has 0 bridgehead atoms. The van der Waals surface area contributed by atoms with Gasteiger partial charge >= 0.3 is 0 Å². The van der Waals surface area contributed by atoms with Crippen LogP contribution in [0.5, 0.6) is 0 Å². The molecular formula is C17H25N7O. The minimum absolute atomic E-state index is 0.279. The normalized spacial score (nSPS) is 22.1. The molecule has 8 nitrogen and oxygen atoms in total.